The minimum absolute atomic E-state index is 0.0336. The highest BCUT2D eigenvalue weighted by Gasteiger charge is 2.29. The van der Waals surface area contributed by atoms with Gasteiger partial charge in [0, 0.05) is 38.8 Å². The Hall–Kier alpha value is -3.68. The molecule has 1 fully saturated rings. The summed E-state index contributed by atoms with van der Waals surface area (Å²) >= 11 is 0. The number of rotatable bonds is 3. The minimum Gasteiger partial charge on any atom is -0.455 e. The first-order valence-electron chi connectivity index (χ1n) is 16.6. The zero-order valence-electron chi connectivity index (χ0n) is 28.9. The molecule has 0 saturated carbocycles. The van der Waals surface area contributed by atoms with E-state index in [2.05, 4.69) is 18.1 Å². The van der Waals surface area contributed by atoms with Crippen molar-refractivity contribution in [1.29, 1.82) is 5.26 Å². The number of aryl methyl sites for hydroxylation is 2. The molecule has 2 aromatic heterocycles. The molecule has 37 heavy (non-hydrogen) atoms. The molecule has 4 heteroatoms. The van der Waals surface area contributed by atoms with Gasteiger partial charge < -0.3 is 4.42 Å². The normalized spacial score (nSPS) is 19.6. The topological polar surface area (TPSA) is 49.8 Å². The van der Waals surface area contributed by atoms with Crippen LogP contribution in [0.25, 0.3) is 44.3 Å². The summed E-state index contributed by atoms with van der Waals surface area (Å²) in [6.45, 7) is -0.485. The fourth-order valence-electron chi connectivity index (χ4n) is 5.51. The van der Waals surface area contributed by atoms with E-state index in [-0.39, 0.29) is 51.4 Å². The Balaban J connectivity index is 1.57. The molecule has 3 aromatic carbocycles. The summed E-state index contributed by atoms with van der Waals surface area (Å²) in [7, 11) is -1.26. The first kappa shape index (κ1) is 16.2. The third-order valence-corrected chi connectivity index (χ3v) is 11.0. The van der Waals surface area contributed by atoms with Crippen LogP contribution in [0, 0.1) is 25.0 Å². The third-order valence-electron chi connectivity index (χ3n) is 7.76. The van der Waals surface area contributed by atoms with Crippen LogP contribution in [0.3, 0.4) is 0 Å². The minimum atomic E-state index is -2.63. The van der Waals surface area contributed by atoms with Crippen molar-refractivity contribution in [2.75, 3.05) is 0 Å². The maximum absolute atomic E-state index is 9.41. The monoisotopic (exact) mass is 508 g/mol. The van der Waals surface area contributed by atoms with Crippen LogP contribution in [0.5, 0.6) is 0 Å². The van der Waals surface area contributed by atoms with E-state index >= 15 is 0 Å². The van der Waals surface area contributed by atoms with Crippen molar-refractivity contribution in [3.63, 3.8) is 0 Å². The van der Waals surface area contributed by atoms with Gasteiger partial charge in [-0.25, -0.2) is 0 Å². The molecule has 184 valence electrons. The van der Waals surface area contributed by atoms with Gasteiger partial charge in [0.25, 0.3) is 0 Å². The fraction of sp³-hybridized carbons (Fsp3) is 0.273. The van der Waals surface area contributed by atoms with Crippen LogP contribution < -0.4 is 0 Å². The molecule has 1 saturated heterocycles. The van der Waals surface area contributed by atoms with Crippen LogP contribution in [0.1, 0.15) is 52.0 Å². The summed E-state index contributed by atoms with van der Waals surface area (Å²) in [4.78, 5) is 4.49. The second kappa shape index (κ2) is 9.01. The maximum atomic E-state index is 9.41. The zero-order chi connectivity index (χ0) is 32.5. The summed E-state index contributed by atoms with van der Waals surface area (Å²) in [6, 6.07) is 17.8. The van der Waals surface area contributed by atoms with Crippen molar-refractivity contribution in [3.8, 4) is 28.5 Å². The number of aromatic nitrogens is 1. The second-order valence-electron chi connectivity index (χ2n) is 10.8. The Bertz CT molecular complexity index is 2010. The smallest absolute Gasteiger partial charge is 0.144 e. The van der Waals surface area contributed by atoms with Crippen molar-refractivity contribution in [2.45, 2.75) is 57.6 Å². The van der Waals surface area contributed by atoms with Gasteiger partial charge in [-0.15, -0.1) is 0 Å². The van der Waals surface area contributed by atoms with Gasteiger partial charge in [-0.2, -0.15) is 5.26 Å². The molecule has 5 aromatic rings. The maximum Gasteiger partial charge on any atom is 0.144 e. The van der Waals surface area contributed by atoms with E-state index in [4.69, 9.17) is 15.4 Å². The van der Waals surface area contributed by atoms with Gasteiger partial charge in [0.15, 0.2) is 0 Å². The van der Waals surface area contributed by atoms with Gasteiger partial charge in [-0.3, -0.25) is 4.98 Å². The predicted octanol–water partition coefficient (Wildman–Crippen LogP) is 9.39. The number of para-hydroxylation sites is 1. The first-order chi connectivity index (χ1) is 21.1. The molecular formula is C33H32N2OSi. The number of nitriles is 1. The molecule has 0 spiro atoms. The molecule has 1 aliphatic heterocycles. The summed E-state index contributed by atoms with van der Waals surface area (Å²) < 4.78 is 73.8. The second-order valence-corrected chi connectivity index (χ2v) is 16.1. The lowest BCUT2D eigenvalue weighted by atomic mass is 9.88. The lowest BCUT2D eigenvalue weighted by Crippen LogP contribution is -2.30. The molecule has 0 bridgehead atoms. The van der Waals surface area contributed by atoms with E-state index in [0.717, 1.165) is 30.5 Å². The molecule has 3 heterocycles. The molecule has 3 nitrogen and oxygen atoms in total. The van der Waals surface area contributed by atoms with Crippen LogP contribution in [0.4, 0.5) is 0 Å². The SMILES string of the molecule is [2H]c1cc(C2CC[Si](C)(C)CC2)cc(C([2H])([2H])[2H])c1-c1cc(-c2cccc3c2oc2c([2H])c(C#N)ccc23)ncc1C([2H])([2H])[2H]. The Kier molecular flexibility index (Phi) is 3.95. The molecule has 1 aliphatic rings. The fourth-order valence-corrected chi connectivity index (χ4v) is 8.02. The van der Waals surface area contributed by atoms with Crippen molar-refractivity contribution in [2.24, 2.45) is 0 Å². The highest BCUT2D eigenvalue weighted by molar-refractivity contribution is 6.77. The first-order valence-corrected chi connectivity index (χ1v) is 16.0. The predicted molar refractivity (Wildman–Crippen MR) is 156 cm³/mol. The molecule has 0 amide bonds. The third kappa shape index (κ3) is 4.28. The Morgan fingerprint density at radius 1 is 1.00 bits per heavy atom. The molecule has 0 atom stereocenters. The van der Waals surface area contributed by atoms with Crippen molar-refractivity contribution in [3.05, 3.63) is 89.1 Å². The number of pyridine rings is 1. The summed E-state index contributed by atoms with van der Waals surface area (Å²) in [5.41, 5.74) is 2.46. The number of fused-ring (bicyclic) bond motifs is 3. The van der Waals surface area contributed by atoms with Crippen LogP contribution in [-0.4, -0.2) is 13.1 Å². The van der Waals surface area contributed by atoms with Crippen molar-refractivity contribution >= 4 is 30.0 Å². The molecule has 0 N–H and O–H groups in total. The number of nitrogens with zero attached hydrogens (tertiary/aromatic N) is 2. The number of hydrogen-bond donors (Lipinski definition) is 0. The highest BCUT2D eigenvalue weighted by atomic mass is 28.3. The highest BCUT2D eigenvalue weighted by Crippen LogP contribution is 2.41. The van der Waals surface area contributed by atoms with Crippen LogP contribution in [0.15, 0.2) is 71.2 Å². The van der Waals surface area contributed by atoms with Gasteiger partial charge in [0.05, 0.1) is 20.1 Å². The Labute approximate surface area is 231 Å². The van der Waals surface area contributed by atoms with Gasteiger partial charge in [0.2, 0.25) is 0 Å². The van der Waals surface area contributed by atoms with E-state index < -0.39 is 21.8 Å². The van der Waals surface area contributed by atoms with Gasteiger partial charge in [-0.05, 0) is 90.6 Å². The quantitative estimate of drug-likeness (QED) is 0.228. The van der Waals surface area contributed by atoms with E-state index in [9.17, 15) is 5.26 Å². The number of hydrogen-bond acceptors (Lipinski definition) is 3. The summed E-state index contributed by atoms with van der Waals surface area (Å²) in [6.07, 6.45) is 3.14. The van der Waals surface area contributed by atoms with Crippen LogP contribution >= 0.6 is 0 Å². The number of benzene rings is 3. The molecule has 0 aliphatic carbocycles. The molecule has 6 rings (SSSR count). The van der Waals surface area contributed by atoms with Gasteiger partial charge in [0.1, 0.15) is 11.2 Å². The largest absolute Gasteiger partial charge is 0.455 e. The number of furan rings is 1. The van der Waals surface area contributed by atoms with Gasteiger partial charge in [-0.1, -0.05) is 55.5 Å². The van der Waals surface area contributed by atoms with Crippen LogP contribution in [-0.2, 0) is 0 Å². The Morgan fingerprint density at radius 3 is 2.62 bits per heavy atom. The summed E-state index contributed by atoms with van der Waals surface area (Å²) in [5.74, 6) is 0.161. The standard InChI is InChI=1S/C33H32N2OSi/c1-21-16-25(24-12-14-37(3,4)15-13-24)9-11-26(21)30-18-31(35-20-22(30)2)29-7-5-6-28-27-10-8-23(19-34)17-32(27)36-33(28)29/h5-11,16-18,20,24H,12-15H2,1-4H3/i1D3,2D3,11D,17D. The Morgan fingerprint density at radius 2 is 1.84 bits per heavy atom. The zero-order valence-corrected chi connectivity index (χ0v) is 21.9. The lowest BCUT2D eigenvalue weighted by molar-refractivity contribution is 0.602. The van der Waals surface area contributed by atoms with E-state index in [0.29, 0.717) is 27.6 Å². The molecule has 0 unspecified atom stereocenters. The average molecular weight is 509 g/mol. The lowest BCUT2D eigenvalue weighted by Gasteiger charge is -2.33. The summed E-state index contributed by atoms with van der Waals surface area (Å²) in [5, 5.41) is 10.7. The van der Waals surface area contributed by atoms with E-state index in [1.807, 2.05) is 12.1 Å². The van der Waals surface area contributed by atoms with Crippen LogP contribution in [0.2, 0.25) is 25.2 Å². The molecular weight excluding hydrogens is 468 g/mol. The van der Waals surface area contributed by atoms with Crippen molar-refractivity contribution in [1.82, 2.24) is 4.98 Å². The van der Waals surface area contributed by atoms with E-state index in [1.54, 1.807) is 36.4 Å². The molecule has 0 radical (unpaired) electrons. The van der Waals surface area contributed by atoms with E-state index in [1.165, 1.54) is 12.3 Å². The van der Waals surface area contributed by atoms with Gasteiger partial charge >= 0.3 is 0 Å². The average Bonchev–Trinajstić information content (AvgIpc) is 3.35. The van der Waals surface area contributed by atoms with Crippen molar-refractivity contribution < 1.29 is 15.4 Å².